The number of nitrogens with one attached hydrogen (secondary N) is 1. The molecular weight excluding hydrogens is 232 g/mol. The molecule has 1 fully saturated rings. The second-order valence-electron chi connectivity index (χ2n) is 5.56. The van der Waals surface area contributed by atoms with E-state index < -0.39 is 5.54 Å². The second kappa shape index (κ2) is 5.69. The van der Waals surface area contributed by atoms with E-state index in [1.165, 1.54) is 0 Å². The van der Waals surface area contributed by atoms with Crippen molar-refractivity contribution >= 4 is 11.8 Å². The van der Waals surface area contributed by atoms with E-state index in [4.69, 9.17) is 4.74 Å². The van der Waals surface area contributed by atoms with Crippen LogP contribution in [0.1, 0.15) is 34.1 Å². The molecule has 1 aliphatic rings. The summed E-state index contributed by atoms with van der Waals surface area (Å²) in [6.45, 7) is 8.57. The smallest absolute Gasteiger partial charge is 0.248 e. The van der Waals surface area contributed by atoms with Gasteiger partial charge in [-0.3, -0.25) is 9.59 Å². The normalized spacial score (nSPS) is 24.9. The Bertz CT molecular complexity index is 328. The molecule has 2 unspecified atom stereocenters. The van der Waals surface area contributed by atoms with E-state index in [-0.39, 0.29) is 23.8 Å². The lowest BCUT2D eigenvalue weighted by Crippen LogP contribution is -2.68. The Morgan fingerprint density at radius 1 is 1.44 bits per heavy atom. The molecule has 2 amide bonds. The fourth-order valence-corrected chi connectivity index (χ4v) is 2.38. The standard InChI is InChI=1S/C13H24N2O3/c1-6-10-11(16)14-13(3,4)12(17)15(10)7-9(2)8-18-5/h9-10H,6-8H2,1-5H3,(H,14,16). The molecule has 1 N–H and O–H groups in total. The summed E-state index contributed by atoms with van der Waals surface area (Å²) in [6.07, 6.45) is 0.632. The lowest BCUT2D eigenvalue weighted by atomic mass is 9.94. The van der Waals surface area contributed by atoms with Gasteiger partial charge in [0, 0.05) is 13.7 Å². The second-order valence-corrected chi connectivity index (χ2v) is 5.56. The van der Waals surface area contributed by atoms with Gasteiger partial charge in [0.05, 0.1) is 6.61 Å². The molecule has 1 heterocycles. The lowest BCUT2D eigenvalue weighted by molar-refractivity contribution is -0.154. The molecule has 1 aliphatic heterocycles. The summed E-state index contributed by atoms with van der Waals surface area (Å²) in [4.78, 5) is 26.1. The van der Waals surface area contributed by atoms with Gasteiger partial charge in [0.2, 0.25) is 11.8 Å². The predicted octanol–water partition coefficient (Wildman–Crippen LogP) is 0.785. The number of carbonyl (C=O) groups is 2. The minimum atomic E-state index is -0.810. The summed E-state index contributed by atoms with van der Waals surface area (Å²) in [5, 5.41) is 2.78. The van der Waals surface area contributed by atoms with Crippen LogP contribution in [-0.4, -0.2) is 48.6 Å². The van der Waals surface area contributed by atoms with Crippen LogP contribution in [-0.2, 0) is 14.3 Å². The molecule has 0 aromatic carbocycles. The van der Waals surface area contributed by atoms with Crippen LogP contribution in [0, 0.1) is 5.92 Å². The third kappa shape index (κ3) is 3.02. The summed E-state index contributed by atoms with van der Waals surface area (Å²) in [5.74, 6) is 0.137. The van der Waals surface area contributed by atoms with E-state index >= 15 is 0 Å². The number of piperazine rings is 1. The van der Waals surface area contributed by atoms with Crippen molar-refractivity contribution in [2.75, 3.05) is 20.3 Å². The first kappa shape index (κ1) is 15.0. The number of hydrogen-bond donors (Lipinski definition) is 1. The van der Waals surface area contributed by atoms with Crippen molar-refractivity contribution in [3.63, 3.8) is 0 Å². The summed E-state index contributed by atoms with van der Waals surface area (Å²) < 4.78 is 5.09. The predicted molar refractivity (Wildman–Crippen MR) is 69.1 cm³/mol. The number of methoxy groups -OCH3 is 1. The van der Waals surface area contributed by atoms with E-state index in [0.29, 0.717) is 19.6 Å². The number of nitrogens with zero attached hydrogens (tertiary/aromatic N) is 1. The third-order valence-corrected chi connectivity index (χ3v) is 3.26. The first-order valence-electron chi connectivity index (χ1n) is 6.45. The van der Waals surface area contributed by atoms with Gasteiger partial charge in [-0.1, -0.05) is 13.8 Å². The highest BCUT2D eigenvalue weighted by Crippen LogP contribution is 2.21. The zero-order valence-corrected chi connectivity index (χ0v) is 11.9. The van der Waals surface area contributed by atoms with Gasteiger partial charge < -0.3 is 15.0 Å². The van der Waals surface area contributed by atoms with Crippen molar-refractivity contribution in [1.29, 1.82) is 0 Å². The quantitative estimate of drug-likeness (QED) is 0.791. The van der Waals surface area contributed by atoms with Crippen molar-refractivity contribution in [1.82, 2.24) is 10.2 Å². The number of ether oxygens (including phenoxy) is 1. The summed E-state index contributed by atoms with van der Waals surface area (Å²) in [6, 6.07) is -0.357. The third-order valence-electron chi connectivity index (χ3n) is 3.26. The molecule has 0 bridgehead atoms. The number of amides is 2. The van der Waals surface area contributed by atoms with Gasteiger partial charge in [-0.15, -0.1) is 0 Å². The molecule has 0 aliphatic carbocycles. The fraction of sp³-hybridized carbons (Fsp3) is 0.846. The van der Waals surface area contributed by atoms with Crippen LogP contribution < -0.4 is 5.32 Å². The van der Waals surface area contributed by atoms with Gasteiger partial charge >= 0.3 is 0 Å². The van der Waals surface area contributed by atoms with Crippen LogP contribution in [0.3, 0.4) is 0 Å². The summed E-state index contributed by atoms with van der Waals surface area (Å²) in [7, 11) is 1.64. The van der Waals surface area contributed by atoms with Gasteiger partial charge in [0.15, 0.2) is 0 Å². The van der Waals surface area contributed by atoms with E-state index in [1.807, 2.05) is 13.8 Å². The Hall–Kier alpha value is -1.10. The van der Waals surface area contributed by atoms with Gasteiger partial charge in [-0.05, 0) is 26.2 Å². The number of carbonyl (C=O) groups excluding carboxylic acids is 2. The molecule has 1 saturated heterocycles. The van der Waals surface area contributed by atoms with Gasteiger partial charge in [-0.25, -0.2) is 0 Å². The van der Waals surface area contributed by atoms with Gasteiger partial charge in [-0.2, -0.15) is 0 Å². The van der Waals surface area contributed by atoms with Crippen LogP contribution in [0.15, 0.2) is 0 Å². The molecule has 18 heavy (non-hydrogen) atoms. The average molecular weight is 256 g/mol. The molecule has 0 radical (unpaired) electrons. The molecule has 0 saturated carbocycles. The van der Waals surface area contributed by atoms with E-state index in [9.17, 15) is 9.59 Å². The Balaban J connectivity index is 2.87. The first-order valence-corrected chi connectivity index (χ1v) is 6.45. The van der Waals surface area contributed by atoms with Gasteiger partial charge in [0.1, 0.15) is 11.6 Å². The van der Waals surface area contributed by atoms with Crippen LogP contribution in [0.5, 0.6) is 0 Å². The number of hydrogen-bond acceptors (Lipinski definition) is 3. The van der Waals surface area contributed by atoms with Crippen molar-refractivity contribution in [3.05, 3.63) is 0 Å². The molecule has 104 valence electrons. The summed E-state index contributed by atoms with van der Waals surface area (Å²) in [5.41, 5.74) is -0.810. The van der Waals surface area contributed by atoms with Crippen LogP contribution in [0.2, 0.25) is 0 Å². The molecule has 2 atom stereocenters. The summed E-state index contributed by atoms with van der Waals surface area (Å²) >= 11 is 0. The van der Waals surface area contributed by atoms with Crippen molar-refractivity contribution < 1.29 is 14.3 Å². The van der Waals surface area contributed by atoms with E-state index in [2.05, 4.69) is 5.32 Å². The maximum Gasteiger partial charge on any atom is 0.248 e. The largest absolute Gasteiger partial charge is 0.384 e. The van der Waals surface area contributed by atoms with Crippen molar-refractivity contribution in [2.45, 2.75) is 45.7 Å². The molecule has 5 heteroatoms. The van der Waals surface area contributed by atoms with Gasteiger partial charge in [0.25, 0.3) is 0 Å². The molecule has 5 nitrogen and oxygen atoms in total. The van der Waals surface area contributed by atoms with Crippen LogP contribution in [0.25, 0.3) is 0 Å². The van der Waals surface area contributed by atoms with Crippen LogP contribution >= 0.6 is 0 Å². The minimum Gasteiger partial charge on any atom is -0.384 e. The van der Waals surface area contributed by atoms with Crippen molar-refractivity contribution in [2.24, 2.45) is 5.92 Å². The van der Waals surface area contributed by atoms with Crippen LogP contribution in [0.4, 0.5) is 0 Å². The fourth-order valence-electron chi connectivity index (χ4n) is 2.38. The zero-order valence-electron chi connectivity index (χ0n) is 11.9. The molecule has 0 aromatic rings. The highest BCUT2D eigenvalue weighted by molar-refractivity contribution is 5.99. The SMILES string of the molecule is CCC1C(=O)NC(C)(C)C(=O)N1CC(C)COC. The van der Waals surface area contributed by atoms with E-state index in [1.54, 1.807) is 25.9 Å². The molecular formula is C13H24N2O3. The minimum absolute atomic E-state index is 0.0168. The highest BCUT2D eigenvalue weighted by Gasteiger charge is 2.44. The molecule has 0 aromatic heterocycles. The Kier molecular flexibility index (Phi) is 4.73. The monoisotopic (exact) mass is 256 g/mol. The Morgan fingerprint density at radius 3 is 2.56 bits per heavy atom. The average Bonchev–Trinajstić information content (AvgIpc) is 2.25. The molecule has 0 spiro atoms. The zero-order chi connectivity index (χ0) is 13.9. The topological polar surface area (TPSA) is 58.6 Å². The Labute approximate surface area is 109 Å². The maximum absolute atomic E-state index is 12.4. The first-order chi connectivity index (χ1) is 8.33. The lowest BCUT2D eigenvalue weighted by Gasteiger charge is -2.43. The van der Waals surface area contributed by atoms with Crippen molar-refractivity contribution in [3.8, 4) is 0 Å². The number of rotatable bonds is 5. The Morgan fingerprint density at radius 2 is 2.06 bits per heavy atom. The maximum atomic E-state index is 12.4. The highest BCUT2D eigenvalue weighted by atomic mass is 16.5. The molecule has 1 rings (SSSR count). The van der Waals surface area contributed by atoms with E-state index in [0.717, 1.165) is 0 Å².